The Morgan fingerprint density at radius 1 is 1.60 bits per heavy atom. The molecule has 1 atom stereocenters. The zero-order chi connectivity index (χ0) is 7.23. The molecule has 10 heavy (non-hydrogen) atoms. The summed E-state index contributed by atoms with van der Waals surface area (Å²) in [6.07, 6.45) is 7.66. The van der Waals surface area contributed by atoms with Gasteiger partial charge in [0.25, 0.3) is 0 Å². The first kappa shape index (κ1) is 8.35. The van der Waals surface area contributed by atoms with Crippen molar-refractivity contribution in [3.05, 3.63) is 6.42 Å². The summed E-state index contributed by atoms with van der Waals surface area (Å²) in [7, 11) is 0. The van der Waals surface area contributed by atoms with Crippen LogP contribution in [0.25, 0.3) is 0 Å². The van der Waals surface area contributed by atoms with E-state index in [4.69, 9.17) is 16.3 Å². The molecule has 1 aliphatic rings. The van der Waals surface area contributed by atoms with E-state index in [0.29, 0.717) is 18.6 Å². The third-order valence-electron chi connectivity index (χ3n) is 1.79. The van der Waals surface area contributed by atoms with Gasteiger partial charge in [-0.3, -0.25) is 0 Å². The van der Waals surface area contributed by atoms with Crippen molar-refractivity contribution in [1.82, 2.24) is 0 Å². The highest BCUT2D eigenvalue weighted by Crippen LogP contribution is 2.19. The van der Waals surface area contributed by atoms with Crippen LogP contribution >= 0.6 is 11.6 Å². The minimum absolute atomic E-state index is 0.465. The molecular formula is C8H14ClO. The molecule has 2 heteroatoms. The highest BCUT2D eigenvalue weighted by Gasteiger charge is 2.12. The van der Waals surface area contributed by atoms with E-state index in [1.807, 2.05) is 0 Å². The molecule has 0 N–H and O–H groups in total. The standard InChI is InChI=1S/C8H14ClO/c9-6-7-10-8-4-2-1-3-5-8/h2,8H,1,3-7H2. The molecule has 1 nitrogen and oxygen atoms in total. The van der Waals surface area contributed by atoms with Gasteiger partial charge in [0, 0.05) is 5.88 Å². The average molecular weight is 162 g/mol. The van der Waals surface area contributed by atoms with Gasteiger partial charge < -0.3 is 4.74 Å². The minimum atomic E-state index is 0.465. The van der Waals surface area contributed by atoms with Crippen molar-refractivity contribution < 1.29 is 4.74 Å². The zero-order valence-corrected chi connectivity index (χ0v) is 6.94. The SMILES string of the molecule is ClCCOC1C[CH]CCC1. The Bertz CT molecular complexity index is 79.3. The van der Waals surface area contributed by atoms with E-state index in [1.54, 1.807) is 0 Å². The smallest absolute Gasteiger partial charge is 0.0605 e. The lowest BCUT2D eigenvalue weighted by Crippen LogP contribution is -2.17. The van der Waals surface area contributed by atoms with Crippen molar-refractivity contribution in [2.24, 2.45) is 0 Å². The molecule has 0 saturated heterocycles. The van der Waals surface area contributed by atoms with Gasteiger partial charge in [-0.2, -0.15) is 0 Å². The van der Waals surface area contributed by atoms with Crippen LogP contribution in [-0.2, 0) is 4.74 Å². The molecule has 1 radical (unpaired) electrons. The molecule has 1 fully saturated rings. The van der Waals surface area contributed by atoms with Gasteiger partial charge in [0.1, 0.15) is 0 Å². The topological polar surface area (TPSA) is 9.23 Å². The predicted octanol–water partition coefficient (Wildman–Crippen LogP) is 2.39. The lowest BCUT2D eigenvalue weighted by molar-refractivity contribution is 0.0486. The highest BCUT2D eigenvalue weighted by atomic mass is 35.5. The summed E-state index contributed by atoms with van der Waals surface area (Å²) in [5, 5.41) is 0. The molecule has 0 aliphatic heterocycles. The van der Waals surface area contributed by atoms with Crippen molar-refractivity contribution in [3.8, 4) is 0 Å². The number of hydrogen-bond donors (Lipinski definition) is 0. The molecule has 0 aromatic rings. The average Bonchev–Trinajstić information content (AvgIpc) is 2.03. The molecule has 0 spiro atoms. The van der Waals surface area contributed by atoms with Gasteiger partial charge in [0.05, 0.1) is 12.7 Å². The Kier molecular flexibility index (Phi) is 4.15. The van der Waals surface area contributed by atoms with Crippen molar-refractivity contribution in [1.29, 1.82) is 0 Å². The van der Waals surface area contributed by atoms with Crippen LogP contribution in [0.1, 0.15) is 25.7 Å². The second-order valence-corrected chi connectivity index (χ2v) is 3.02. The fraction of sp³-hybridized carbons (Fsp3) is 0.875. The first-order chi connectivity index (χ1) is 4.93. The van der Waals surface area contributed by atoms with Crippen LogP contribution in [0.15, 0.2) is 0 Å². The summed E-state index contributed by atoms with van der Waals surface area (Å²) in [5.41, 5.74) is 0. The summed E-state index contributed by atoms with van der Waals surface area (Å²) < 4.78 is 5.47. The Labute approximate surface area is 67.7 Å². The molecule has 1 unspecified atom stereocenters. The maximum absolute atomic E-state index is 5.49. The maximum Gasteiger partial charge on any atom is 0.0605 e. The molecular weight excluding hydrogens is 148 g/mol. The number of rotatable bonds is 3. The van der Waals surface area contributed by atoms with Crippen LogP contribution in [0.5, 0.6) is 0 Å². The van der Waals surface area contributed by atoms with Crippen LogP contribution in [0.2, 0.25) is 0 Å². The molecule has 0 aromatic carbocycles. The molecule has 0 amide bonds. The van der Waals surface area contributed by atoms with Crippen LogP contribution in [0, 0.1) is 6.42 Å². The lowest BCUT2D eigenvalue weighted by atomic mass is 9.98. The van der Waals surface area contributed by atoms with Gasteiger partial charge in [0.2, 0.25) is 0 Å². The summed E-state index contributed by atoms with van der Waals surface area (Å²) in [5.74, 6) is 0.622. The lowest BCUT2D eigenvalue weighted by Gasteiger charge is -2.20. The van der Waals surface area contributed by atoms with Crippen molar-refractivity contribution in [2.45, 2.75) is 31.8 Å². The van der Waals surface area contributed by atoms with E-state index in [-0.39, 0.29) is 0 Å². The van der Waals surface area contributed by atoms with Gasteiger partial charge in [-0.15, -0.1) is 11.6 Å². The molecule has 0 aromatic heterocycles. The fourth-order valence-corrected chi connectivity index (χ4v) is 1.36. The van der Waals surface area contributed by atoms with Crippen LogP contribution < -0.4 is 0 Å². The summed E-state index contributed by atoms with van der Waals surface area (Å²) >= 11 is 5.49. The van der Waals surface area contributed by atoms with Gasteiger partial charge in [0.15, 0.2) is 0 Å². The third-order valence-corrected chi connectivity index (χ3v) is 1.95. The monoisotopic (exact) mass is 161 g/mol. The predicted molar refractivity (Wildman–Crippen MR) is 43.2 cm³/mol. The van der Waals surface area contributed by atoms with E-state index in [0.717, 1.165) is 6.42 Å². The van der Waals surface area contributed by atoms with Gasteiger partial charge in [-0.25, -0.2) is 0 Å². The first-order valence-electron chi connectivity index (χ1n) is 3.92. The summed E-state index contributed by atoms with van der Waals surface area (Å²) in [4.78, 5) is 0. The number of ether oxygens (including phenoxy) is 1. The maximum atomic E-state index is 5.49. The number of halogens is 1. The summed E-state index contributed by atoms with van der Waals surface area (Å²) in [6, 6.07) is 0. The van der Waals surface area contributed by atoms with E-state index in [1.165, 1.54) is 19.3 Å². The Balaban J connectivity index is 2.02. The van der Waals surface area contributed by atoms with Crippen molar-refractivity contribution in [2.75, 3.05) is 12.5 Å². The van der Waals surface area contributed by atoms with E-state index in [2.05, 4.69) is 6.42 Å². The van der Waals surface area contributed by atoms with Gasteiger partial charge >= 0.3 is 0 Å². The largest absolute Gasteiger partial charge is 0.377 e. The molecule has 0 heterocycles. The van der Waals surface area contributed by atoms with Gasteiger partial charge in [-0.1, -0.05) is 6.42 Å². The molecule has 59 valence electrons. The van der Waals surface area contributed by atoms with Crippen molar-refractivity contribution >= 4 is 11.6 Å². The Morgan fingerprint density at radius 2 is 2.50 bits per heavy atom. The number of alkyl halides is 1. The zero-order valence-electron chi connectivity index (χ0n) is 6.18. The minimum Gasteiger partial charge on any atom is -0.377 e. The fourth-order valence-electron chi connectivity index (χ4n) is 1.27. The molecule has 1 rings (SSSR count). The van der Waals surface area contributed by atoms with Crippen LogP contribution in [0.4, 0.5) is 0 Å². The quantitative estimate of drug-likeness (QED) is 0.578. The summed E-state index contributed by atoms with van der Waals surface area (Å²) in [6.45, 7) is 0.708. The van der Waals surface area contributed by atoms with Crippen molar-refractivity contribution in [3.63, 3.8) is 0 Å². The second kappa shape index (κ2) is 4.97. The van der Waals surface area contributed by atoms with Crippen LogP contribution in [-0.4, -0.2) is 18.6 Å². The van der Waals surface area contributed by atoms with E-state index < -0.39 is 0 Å². The van der Waals surface area contributed by atoms with E-state index in [9.17, 15) is 0 Å². The molecule has 0 bridgehead atoms. The highest BCUT2D eigenvalue weighted by molar-refractivity contribution is 6.17. The second-order valence-electron chi connectivity index (χ2n) is 2.64. The molecule has 1 saturated carbocycles. The first-order valence-corrected chi connectivity index (χ1v) is 4.46. The normalized spacial score (nSPS) is 21.3. The third kappa shape index (κ3) is 2.89. The number of hydrogen-bond acceptors (Lipinski definition) is 1. The molecule has 1 aliphatic carbocycles. The Morgan fingerprint density at radius 3 is 3.10 bits per heavy atom. The van der Waals surface area contributed by atoms with Crippen LogP contribution in [0.3, 0.4) is 0 Å². The Hall–Kier alpha value is 0.250. The van der Waals surface area contributed by atoms with Gasteiger partial charge in [-0.05, 0) is 25.7 Å². The van der Waals surface area contributed by atoms with E-state index >= 15 is 0 Å².